The third-order valence-corrected chi connectivity index (χ3v) is 6.31. The van der Waals surface area contributed by atoms with Gasteiger partial charge in [-0.25, -0.2) is 4.39 Å². The third-order valence-electron chi connectivity index (χ3n) is 6.31. The van der Waals surface area contributed by atoms with Crippen LogP contribution in [0.3, 0.4) is 0 Å². The molecule has 2 aliphatic rings. The maximum Gasteiger partial charge on any atom is 0.416 e. The molecule has 4 N–H and O–H groups in total. The highest BCUT2D eigenvalue weighted by atomic mass is 19.4. The van der Waals surface area contributed by atoms with Crippen molar-refractivity contribution in [2.75, 3.05) is 26.4 Å². The molecule has 2 aromatic rings. The van der Waals surface area contributed by atoms with Gasteiger partial charge in [-0.2, -0.15) is 13.2 Å². The van der Waals surface area contributed by atoms with Crippen molar-refractivity contribution in [3.63, 3.8) is 0 Å². The second-order valence-electron chi connectivity index (χ2n) is 8.67. The van der Waals surface area contributed by atoms with Gasteiger partial charge in [0.25, 0.3) is 0 Å². The molecular weight excluding hydrogens is 468 g/mol. The lowest BCUT2D eigenvalue weighted by atomic mass is 10.0. The molecule has 4 rings (SSSR count). The minimum Gasteiger partial charge on any atom is -0.481 e. The predicted octanol–water partition coefficient (Wildman–Crippen LogP) is 2.64. The number of carboxylic acids is 1. The molecule has 0 aromatic heterocycles. The number of aliphatic carboxylic acids is 1. The number of carbonyl (C=O) groups is 1. The van der Waals surface area contributed by atoms with Crippen LogP contribution in [0.15, 0.2) is 48.5 Å². The molecule has 4 atom stereocenters. The van der Waals surface area contributed by atoms with Gasteiger partial charge >= 0.3 is 12.1 Å². The van der Waals surface area contributed by atoms with Gasteiger partial charge in [-0.05, 0) is 28.8 Å². The summed E-state index contributed by atoms with van der Waals surface area (Å²) in [6, 6.07) is 11.6. The van der Waals surface area contributed by atoms with E-state index in [1.165, 1.54) is 12.1 Å². The standard InChI is InChI=1S/C24H28F4N4O3/c25-21-22(29-12-16-3-1-15(2-4-16)11-20(33)34)30-14-31-23(21)32-9-10-35-13-19(32)17-5-7-18(8-6-17)24(26,27)28/h1-8,19,21-23,29-31H,9-14H2,(H,33,34). The average molecular weight is 497 g/mol. The molecule has 0 amide bonds. The smallest absolute Gasteiger partial charge is 0.416 e. The highest BCUT2D eigenvalue weighted by molar-refractivity contribution is 5.70. The van der Waals surface area contributed by atoms with Gasteiger partial charge < -0.3 is 9.84 Å². The van der Waals surface area contributed by atoms with Crippen molar-refractivity contribution in [3.05, 3.63) is 70.8 Å². The van der Waals surface area contributed by atoms with Crippen molar-refractivity contribution >= 4 is 5.97 Å². The summed E-state index contributed by atoms with van der Waals surface area (Å²) in [4.78, 5) is 12.7. The molecule has 11 heteroatoms. The van der Waals surface area contributed by atoms with E-state index in [4.69, 9.17) is 9.84 Å². The summed E-state index contributed by atoms with van der Waals surface area (Å²) in [5.41, 5.74) is 1.48. The number of carboxylic acid groups (broad SMARTS) is 1. The van der Waals surface area contributed by atoms with Gasteiger partial charge in [-0.1, -0.05) is 36.4 Å². The number of nitrogens with one attached hydrogen (secondary N) is 3. The first-order valence-electron chi connectivity index (χ1n) is 11.4. The first-order chi connectivity index (χ1) is 16.7. The van der Waals surface area contributed by atoms with Crippen molar-refractivity contribution in [2.45, 2.75) is 43.7 Å². The molecular formula is C24H28F4N4O3. The summed E-state index contributed by atoms with van der Waals surface area (Å²) in [7, 11) is 0. The number of benzene rings is 2. The van der Waals surface area contributed by atoms with Crippen LogP contribution in [0.25, 0.3) is 0 Å². The summed E-state index contributed by atoms with van der Waals surface area (Å²) in [6.07, 6.45) is -7.15. The Hall–Kier alpha value is -2.57. The zero-order valence-electron chi connectivity index (χ0n) is 18.9. The number of rotatable bonds is 7. The van der Waals surface area contributed by atoms with Gasteiger partial charge in [0.15, 0.2) is 6.17 Å². The third kappa shape index (κ3) is 6.36. The molecule has 2 fully saturated rings. The molecule has 2 aromatic carbocycles. The van der Waals surface area contributed by atoms with Crippen LogP contribution in [0.2, 0.25) is 0 Å². The van der Waals surface area contributed by atoms with Gasteiger partial charge in [-0.3, -0.25) is 25.6 Å². The van der Waals surface area contributed by atoms with Gasteiger partial charge in [-0.15, -0.1) is 0 Å². The number of hydrogen-bond donors (Lipinski definition) is 4. The molecule has 35 heavy (non-hydrogen) atoms. The molecule has 2 saturated heterocycles. The second kappa shape index (κ2) is 11.0. The van der Waals surface area contributed by atoms with E-state index >= 15 is 4.39 Å². The van der Waals surface area contributed by atoms with Gasteiger partial charge in [0.1, 0.15) is 0 Å². The Balaban J connectivity index is 1.41. The number of hydrogen-bond acceptors (Lipinski definition) is 6. The number of morpholine rings is 1. The lowest BCUT2D eigenvalue weighted by molar-refractivity contribution is -0.138. The molecule has 190 valence electrons. The zero-order chi connectivity index (χ0) is 25.0. The van der Waals surface area contributed by atoms with E-state index in [2.05, 4.69) is 16.0 Å². The van der Waals surface area contributed by atoms with Crippen LogP contribution in [-0.2, 0) is 28.7 Å². The Morgan fingerprint density at radius 2 is 1.77 bits per heavy atom. The fourth-order valence-corrected chi connectivity index (χ4v) is 4.47. The molecule has 0 radical (unpaired) electrons. The quantitative estimate of drug-likeness (QED) is 0.439. The SMILES string of the molecule is O=C(O)Cc1ccc(CNC2NCNC(N3CCOCC3c3ccc(C(F)(F)F)cc3)C2F)cc1. The molecule has 0 bridgehead atoms. The van der Waals surface area contributed by atoms with Crippen LogP contribution in [0.5, 0.6) is 0 Å². The minimum atomic E-state index is -4.42. The molecule has 0 spiro atoms. The molecule has 2 aliphatic heterocycles. The van der Waals surface area contributed by atoms with Crippen molar-refractivity contribution in [1.29, 1.82) is 0 Å². The van der Waals surface area contributed by atoms with Crippen LogP contribution < -0.4 is 16.0 Å². The number of alkyl halides is 4. The summed E-state index contributed by atoms with van der Waals surface area (Å²) in [5, 5.41) is 18.3. The Bertz CT molecular complexity index is 988. The molecule has 0 saturated carbocycles. The van der Waals surface area contributed by atoms with E-state index in [1.54, 1.807) is 24.3 Å². The first kappa shape index (κ1) is 25.5. The summed E-state index contributed by atoms with van der Waals surface area (Å²) < 4.78 is 60.1. The maximum atomic E-state index is 15.6. The van der Waals surface area contributed by atoms with E-state index in [-0.39, 0.29) is 19.1 Å². The Kier molecular flexibility index (Phi) is 8.02. The lowest BCUT2D eigenvalue weighted by Gasteiger charge is -2.46. The highest BCUT2D eigenvalue weighted by Gasteiger charge is 2.41. The topological polar surface area (TPSA) is 85.9 Å². The van der Waals surface area contributed by atoms with E-state index < -0.39 is 36.2 Å². The molecule has 0 aliphatic carbocycles. The number of halogens is 4. The average Bonchev–Trinajstić information content (AvgIpc) is 2.84. The Morgan fingerprint density at radius 1 is 1.09 bits per heavy atom. The van der Waals surface area contributed by atoms with E-state index in [1.807, 2.05) is 4.90 Å². The van der Waals surface area contributed by atoms with Crippen LogP contribution in [0.4, 0.5) is 17.6 Å². The monoisotopic (exact) mass is 496 g/mol. The summed E-state index contributed by atoms with van der Waals surface area (Å²) in [5.74, 6) is -0.904. The van der Waals surface area contributed by atoms with Crippen LogP contribution >= 0.6 is 0 Å². The second-order valence-corrected chi connectivity index (χ2v) is 8.67. The zero-order valence-corrected chi connectivity index (χ0v) is 18.9. The van der Waals surface area contributed by atoms with E-state index in [0.717, 1.165) is 17.7 Å². The fourth-order valence-electron chi connectivity index (χ4n) is 4.47. The van der Waals surface area contributed by atoms with E-state index in [0.29, 0.717) is 37.5 Å². The van der Waals surface area contributed by atoms with Gasteiger partial charge in [0.05, 0.1) is 43.6 Å². The molecule has 2 heterocycles. The summed E-state index contributed by atoms with van der Waals surface area (Å²) >= 11 is 0. The normalized spacial score (nSPS) is 25.9. The van der Waals surface area contributed by atoms with Crippen molar-refractivity contribution in [2.24, 2.45) is 0 Å². The first-order valence-corrected chi connectivity index (χ1v) is 11.4. The van der Waals surface area contributed by atoms with E-state index in [9.17, 15) is 18.0 Å². The van der Waals surface area contributed by atoms with Crippen LogP contribution in [-0.4, -0.2) is 60.9 Å². The Labute approximate surface area is 200 Å². The van der Waals surface area contributed by atoms with Crippen molar-refractivity contribution in [3.8, 4) is 0 Å². The van der Waals surface area contributed by atoms with Crippen LogP contribution in [0.1, 0.15) is 28.3 Å². The maximum absolute atomic E-state index is 15.6. The number of ether oxygens (including phenoxy) is 1. The lowest BCUT2D eigenvalue weighted by Crippen LogP contribution is -2.69. The Morgan fingerprint density at radius 3 is 2.43 bits per heavy atom. The minimum absolute atomic E-state index is 0.0581. The predicted molar refractivity (Wildman–Crippen MR) is 120 cm³/mol. The fraction of sp³-hybridized carbons (Fsp3) is 0.458. The highest BCUT2D eigenvalue weighted by Crippen LogP contribution is 2.33. The van der Waals surface area contributed by atoms with Crippen molar-refractivity contribution in [1.82, 2.24) is 20.9 Å². The molecule has 4 unspecified atom stereocenters. The number of nitrogens with zero attached hydrogens (tertiary/aromatic N) is 1. The van der Waals surface area contributed by atoms with Crippen molar-refractivity contribution < 1.29 is 32.2 Å². The van der Waals surface area contributed by atoms with Gasteiger partial charge in [0.2, 0.25) is 0 Å². The van der Waals surface area contributed by atoms with Gasteiger partial charge in [0, 0.05) is 19.8 Å². The molecule has 7 nitrogen and oxygen atoms in total. The largest absolute Gasteiger partial charge is 0.481 e. The van der Waals surface area contributed by atoms with Crippen LogP contribution in [0, 0.1) is 0 Å². The summed E-state index contributed by atoms with van der Waals surface area (Å²) in [6.45, 7) is 1.81.